The second-order valence-electron chi connectivity index (χ2n) is 4.73. The third kappa shape index (κ3) is 2.85. The zero-order valence-electron chi connectivity index (χ0n) is 11.0. The Bertz CT molecular complexity index is 621. The molecule has 6 nitrogen and oxygen atoms in total. The van der Waals surface area contributed by atoms with Crippen LogP contribution in [0.15, 0.2) is 35.1 Å². The van der Waals surface area contributed by atoms with Crippen molar-refractivity contribution < 1.29 is 4.74 Å². The normalized spacial score (nSPS) is 18.1. The maximum absolute atomic E-state index is 12.0. The summed E-state index contributed by atoms with van der Waals surface area (Å²) in [6.45, 7) is 1.44. The summed E-state index contributed by atoms with van der Waals surface area (Å²) in [6.07, 6.45) is 2.31. The molecular weight excluding hydrogens is 256 g/mol. The standard InChI is InChI=1S/C14H16N4O2/c19-13-12(10-5-2-1-3-6-10)17-18-14(16-13)15-9-11-7-4-8-20-11/h1-3,5-6,11H,4,7-9H2,(H2,15,16,18,19). The molecule has 0 amide bonds. The van der Waals surface area contributed by atoms with Crippen molar-refractivity contribution in [1.82, 2.24) is 15.2 Å². The van der Waals surface area contributed by atoms with Crippen LogP contribution in [0.1, 0.15) is 12.8 Å². The van der Waals surface area contributed by atoms with Crippen LogP contribution in [0.3, 0.4) is 0 Å². The minimum atomic E-state index is -0.249. The van der Waals surface area contributed by atoms with Crippen LogP contribution in [-0.4, -0.2) is 34.4 Å². The number of nitrogens with one attached hydrogen (secondary N) is 2. The monoisotopic (exact) mass is 272 g/mol. The average molecular weight is 272 g/mol. The molecule has 1 saturated heterocycles. The van der Waals surface area contributed by atoms with Gasteiger partial charge in [0.2, 0.25) is 5.95 Å². The molecule has 1 aromatic heterocycles. The van der Waals surface area contributed by atoms with Crippen molar-refractivity contribution in [2.24, 2.45) is 0 Å². The Morgan fingerprint density at radius 1 is 1.30 bits per heavy atom. The van der Waals surface area contributed by atoms with Crippen LogP contribution in [-0.2, 0) is 4.74 Å². The van der Waals surface area contributed by atoms with Gasteiger partial charge in [0.15, 0.2) is 5.69 Å². The maximum Gasteiger partial charge on any atom is 0.279 e. The molecule has 1 atom stereocenters. The van der Waals surface area contributed by atoms with Crippen molar-refractivity contribution in [3.63, 3.8) is 0 Å². The summed E-state index contributed by atoms with van der Waals surface area (Å²) in [4.78, 5) is 14.7. The fraction of sp³-hybridized carbons (Fsp3) is 0.357. The highest BCUT2D eigenvalue weighted by molar-refractivity contribution is 5.57. The lowest BCUT2D eigenvalue weighted by atomic mass is 10.2. The minimum Gasteiger partial charge on any atom is -0.376 e. The van der Waals surface area contributed by atoms with Crippen molar-refractivity contribution >= 4 is 5.95 Å². The quantitative estimate of drug-likeness (QED) is 0.880. The molecular formula is C14H16N4O2. The van der Waals surface area contributed by atoms with Crippen molar-refractivity contribution in [2.45, 2.75) is 18.9 Å². The number of nitrogens with zero attached hydrogens (tertiary/aromatic N) is 2. The molecule has 1 unspecified atom stereocenters. The molecule has 2 aromatic rings. The van der Waals surface area contributed by atoms with E-state index in [-0.39, 0.29) is 11.7 Å². The van der Waals surface area contributed by atoms with Gasteiger partial charge in [0, 0.05) is 18.7 Å². The molecule has 1 aliphatic heterocycles. The predicted molar refractivity (Wildman–Crippen MR) is 75.6 cm³/mol. The highest BCUT2D eigenvalue weighted by Gasteiger charge is 2.15. The number of H-pyrrole nitrogens is 1. The minimum absolute atomic E-state index is 0.189. The number of ether oxygens (including phenoxy) is 1. The van der Waals surface area contributed by atoms with Gasteiger partial charge in [-0.05, 0) is 12.8 Å². The number of hydrogen-bond donors (Lipinski definition) is 2. The van der Waals surface area contributed by atoms with E-state index in [4.69, 9.17) is 4.74 Å². The molecule has 0 aliphatic carbocycles. The zero-order valence-corrected chi connectivity index (χ0v) is 11.0. The second-order valence-corrected chi connectivity index (χ2v) is 4.73. The maximum atomic E-state index is 12.0. The van der Waals surface area contributed by atoms with E-state index >= 15 is 0 Å². The zero-order chi connectivity index (χ0) is 13.8. The Morgan fingerprint density at radius 3 is 2.85 bits per heavy atom. The van der Waals surface area contributed by atoms with Crippen molar-refractivity contribution in [3.05, 3.63) is 40.7 Å². The van der Waals surface area contributed by atoms with Gasteiger partial charge in [-0.25, -0.2) is 0 Å². The topological polar surface area (TPSA) is 79.9 Å². The van der Waals surface area contributed by atoms with E-state index in [9.17, 15) is 4.79 Å². The van der Waals surface area contributed by atoms with Crippen LogP contribution in [0.5, 0.6) is 0 Å². The highest BCUT2D eigenvalue weighted by Crippen LogP contribution is 2.13. The Hall–Kier alpha value is -2.21. The highest BCUT2D eigenvalue weighted by atomic mass is 16.5. The molecule has 20 heavy (non-hydrogen) atoms. The molecule has 1 aromatic carbocycles. The number of aromatic amines is 1. The summed E-state index contributed by atoms with van der Waals surface area (Å²) in [6, 6.07) is 9.28. The first-order valence-electron chi connectivity index (χ1n) is 6.71. The number of hydrogen-bond acceptors (Lipinski definition) is 5. The Kier molecular flexibility index (Phi) is 3.73. The Labute approximate surface area is 116 Å². The lowest BCUT2D eigenvalue weighted by molar-refractivity contribution is 0.120. The summed E-state index contributed by atoms with van der Waals surface area (Å²) in [5.41, 5.74) is 0.834. The van der Waals surface area contributed by atoms with E-state index in [1.54, 1.807) is 0 Å². The van der Waals surface area contributed by atoms with Gasteiger partial charge in [0.1, 0.15) is 0 Å². The second kappa shape index (κ2) is 5.83. The lowest BCUT2D eigenvalue weighted by Gasteiger charge is -2.10. The molecule has 1 fully saturated rings. The van der Waals surface area contributed by atoms with Gasteiger partial charge < -0.3 is 10.1 Å². The van der Waals surface area contributed by atoms with E-state index in [1.807, 2.05) is 30.3 Å². The van der Waals surface area contributed by atoms with E-state index in [0.29, 0.717) is 18.2 Å². The van der Waals surface area contributed by atoms with Crippen LogP contribution in [0, 0.1) is 0 Å². The largest absolute Gasteiger partial charge is 0.376 e. The molecule has 1 aliphatic rings. The molecule has 0 saturated carbocycles. The van der Waals surface area contributed by atoms with E-state index in [1.165, 1.54) is 0 Å². The summed E-state index contributed by atoms with van der Waals surface area (Å²) < 4.78 is 5.50. The first-order chi connectivity index (χ1) is 9.83. The van der Waals surface area contributed by atoms with Crippen LogP contribution in [0.2, 0.25) is 0 Å². The molecule has 3 rings (SSSR count). The van der Waals surface area contributed by atoms with Gasteiger partial charge in [-0.2, -0.15) is 0 Å². The van der Waals surface area contributed by atoms with Crippen molar-refractivity contribution in [2.75, 3.05) is 18.5 Å². The SMILES string of the molecule is O=c1[nH]c(NCC2CCCO2)nnc1-c1ccccc1. The summed E-state index contributed by atoms with van der Waals surface area (Å²) in [5, 5.41) is 11.1. The van der Waals surface area contributed by atoms with Gasteiger partial charge in [-0.3, -0.25) is 9.78 Å². The number of benzene rings is 1. The number of anilines is 1. The molecule has 2 heterocycles. The van der Waals surface area contributed by atoms with Gasteiger partial charge in [-0.1, -0.05) is 30.3 Å². The van der Waals surface area contributed by atoms with Gasteiger partial charge in [0.25, 0.3) is 5.56 Å². The van der Waals surface area contributed by atoms with Gasteiger partial charge in [0.05, 0.1) is 6.10 Å². The Morgan fingerprint density at radius 2 is 2.15 bits per heavy atom. The lowest BCUT2D eigenvalue weighted by Crippen LogP contribution is -2.23. The summed E-state index contributed by atoms with van der Waals surface area (Å²) >= 11 is 0. The fourth-order valence-electron chi connectivity index (χ4n) is 2.22. The Balaban J connectivity index is 1.72. The van der Waals surface area contributed by atoms with Gasteiger partial charge >= 0.3 is 0 Å². The van der Waals surface area contributed by atoms with Crippen LogP contribution in [0.25, 0.3) is 11.3 Å². The molecule has 104 valence electrons. The third-order valence-corrected chi connectivity index (χ3v) is 3.27. The average Bonchev–Trinajstić information content (AvgIpc) is 2.99. The van der Waals surface area contributed by atoms with Gasteiger partial charge in [-0.15, -0.1) is 10.2 Å². The van der Waals surface area contributed by atoms with Crippen molar-refractivity contribution in [3.8, 4) is 11.3 Å². The van der Waals surface area contributed by atoms with E-state index in [0.717, 1.165) is 25.0 Å². The van der Waals surface area contributed by atoms with Crippen LogP contribution in [0.4, 0.5) is 5.95 Å². The number of aromatic nitrogens is 3. The van der Waals surface area contributed by atoms with Crippen molar-refractivity contribution in [1.29, 1.82) is 0 Å². The van der Waals surface area contributed by atoms with E-state index < -0.39 is 0 Å². The molecule has 6 heteroatoms. The smallest absolute Gasteiger partial charge is 0.279 e. The molecule has 0 bridgehead atoms. The summed E-state index contributed by atoms with van der Waals surface area (Å²) in [7, 11) is 0. The molecule has 2 N–H and O–H groups in total. The predicted octanol–water partition coefficient (Wildman–Crippen LogP) is 1.42. The van der Waals surface area contributed by atoms with Crippen LogP contribution >= 0.6 is 0 Å². The van der Waals surface area contributed by atoms with E-state index in [2.05, 4.69) is 20.5 Å². The summed E-state index contributed by atoms with van der Waals surface area (Å²) in [5.74, 6) is 0.380. The first kappa shape index (κ1) is 12.8. The van der Waals surface area contributed by atoms with Crippen LogP contribution < -0.4 is 10.9 Å². The third-order valence-electron chi connectivity index (χ3n) is 3.27. The first-order valence-corrected chi connectivity index (χ1v) is 6.71. The fourth-order valence-corrected chi connectivity index (χ4v) is 2.22. The number of rotatable bonds is 4. The molecule has 0 radical (unpaired) electrons. The molecule has 0 spiro atoms.